The number of halogens is 1. The Labute approximate surface area is 325 Å². The number of aromatic nitrogens is 4. The van der Waals surface area contributed by atoms with E-state index in [1.54, 1.807) is 36.5 Å². The molecule has 0 bridgehead atoms. The standard InChI is InChI=1S/C40H39FN10O6/c1-57-31-5-2-4-28(41)34(31)37-44-21-29-36(46-37)35(48-47-29)23-6-9-25(10-7-23)50-18-16-49(17-19-50)22-33(53)43-15-3-14-42-24-8-11-26-27(20-24)40(56)51(39(26)55)30-12-13-32(52)45-38(30)54/h2,4-11,20-21,30,42H,3,12-19,22H2,1H3,(H,43,53)(H,47,48)(H,45,52,54). The summed E-state index contributed by atoms with van der Waals surface area (Å²) in [5.74, 6) is -2.17. The first-order chi connectivity index (χ1) is 27.7. The van der Waals surface area contributed by atoms with Gasteiger partial charge in [0.05, 0.1) is 36.5 Å². The first-order valence-corrected chi connectivity index (χ1v) is 18.7. The second kappa shape index (κ2) is 15.8. The number of piperazine rings is 1. The fourth-order valence-corrected chi connectivity index (χ4v) is 7.41. The maximum absolute atomic E-state index is 14.8. The highest BCUT2D eigenvalue weighted by molar-refractivity contribution is 6.23. The van der Waals surface area contributed by atoms with Crippen molar-refractivity contribution in [3.05, 3.63) is 83.8 Å². The van der Waals surface area contributed by atoms with E-state index in [9.17, 15) is 28.4 Å². The van der Waals surface area contributed by atoms with Gasteiger partial charge in [-0.1, -0.05) is 18.2 Å². The molecule has 17 heteroatoms. The zero-order chi connectivity index (χ0) is 39.6. The van der Waals surface area contributed by atoms with Crippen molar-refractivity contribution in [2.24, 2.45) is 0 Å². The van der Waals surface area contributed by atoms with Crippen molar-refractivity contribution in [2.45, 2.75) is 25.3 Å². The van der Waals surface area contributed by atoms with E-state index in [1.165, 1.54) is 13.2 Å². The number of aromatic amines is 1. The first kappa shape index (κ1) is 37.2. The highest BCUT2D eigenvalue weighted by Gasteiger charge is 2.44. The van der Waals surface area contributed by atoms with E-state index >= 15 is 0 Å². The summed E-state index contributed by atoms with van der Waals surface area (Å²) in [6, 6.07) is 16.4. The van der Waals surface area contributed by atoms with Crippen LogP contribution in [-0.4, -0.2) is 118 Å². The van der Waals surface area contributed by atoms with Crippen molar-refractivity contribution in [3.63, 3.8) is 0 Å². The van der Waals surface area contributed by atoms with Crippen molar-refractivity contribution in [1.82, 2.24) is 40.6 Å². The molecule has 5 heterocycles. The topological polar surface area (TPSA) is 195 Å². The molecule has 8 rings (SSSR count). The van der Waals surface area contributed by atoms with Crippen LogP contribution < -0.4 is 25.6 Å². The predicted octanol–water partition coefficient (Wildman–Crippen LogP) is 2.98. The maximum Gasteiger partial charge on any atom is 0.262 e. The van der Waals surface area contributed by atoms with E-state index in [-0.39, 0.29) is 41.3 Å². The van der Waals surface area contributed by atoms with Gasteiger partial charge in [0.2, 0.25) is 17.7 Å². The number of piperidine rings is 1. The van der Waals surface area contributed by atoms with E-state index in [4.69, 9.17) is 4.74 Å². The fourth-order valence-electron chi connectivity index (χ4n) is 7.41. The van der Waals surface area contributed by atoms with Gasteiger partial charge in [-0.3, -0.25) is 44.2 Å². The van der Waals surface area contributed by atoms with Crippen LogP contribution >= 0.6 is 0 Å². The van der Waals surface area contributed by atoms with Crippen molar-refractivity contribution in [2.75, 3.05) is 63.1 Å². The molecule has 3 aliphatic heterocycles. The molecular weight excluding hydrogens is 736 g/mol. The third-order valence-electron chi connectivity index (χ3n) is 10.4. The lowest BCUT2D eigenvalue weighted by Gasteiger charge is -2.35. The molecule has 57 heavy (non-hydrogen) atoms. The molecule has 3 aliphatic rings. The van der Waals surface area contributed by atoms with E-state index in [1.807, 2.05) is 24.3 Å². The van der Waals surface area contributed by atoms with Gasteiger partial charge < -0.3 is 20.3 Å². The van der Waals surface area contributed by atoms with Gasteiger partial charge in [-0.15, -0.1) is 0 Å². The summed E-state index contributed by atoms with van der Waals surface area (Å²) in [6.07, 6.45) is 2.37. The number of nitrogens with one attached hydrogen (secondary N) is 4. The maximum atomic E-state index is 14.8. The number of ether oxygens (including phenoxy) is 1. The van der Waals surface area contributed by atoms with Crippen molar-refractivity contribution < 1.29 is 33.1 Å². The van der Waals surface area contributed by atoms with Crippen LogP contribution in [0.4, 0.5) is 15.8 Å². The molecule has 4 N–H and O–H groups in total. The van der Waals surface area contributed by atoms with E-state index < -0.39 is 35.5 Å². The Morgan fingerprint density at radius 1 is 0.965 bits per heavy atom. The summed E-state index contributed by atoms with van der Waals surface area (Å²) < 4.78 is 20.1. The molecule has 0 spiro atoms. The van der Waals surface area contributed by atoms with Crippen LogP contribution in [-0.2, 0) is 14.4 Å². The Morgan fingerprint density at radius 3 is 2.53 bits per heavy atom. The van der Waals surface area contributed by atoms with Gasteiger partial charge in [-0.05, 0) is 55.3 Å². The summed E-state index contributed by atoms with van der Waals surface area (Å²) in [5, 5.41) is 15.8. The van der Waals surface area contributed by atoms with Gasteiger partial charge >= 0.3 is 0 Å². The largest absolute Gasteiger partial charge is 0.496 e. The molecule has 2 fully saturated rings. The summed E-state index contributed by atoms with van der Waals surface area (Å²) in [7, 11) is 1.47. The lowest BCUT2D eigenvalue weighted by Crippen LogP contribution is -2.54. The van der Waals surface area contributed by atoms with Gasteiger partial charge in [-0.2, -0.15) is 5.10 Å². The SMILES string of the molecule is COc1cccc(F)c1-c1ncc2[nH]nc(-c3ccc(N4CCN(CC(=O)NCCCNc5ccc6c(c5)C(=O)N(C5CCC(=O)NC5=O)C6=O)CC4)cc3)c2n1. The third kappa shape index (κ3) is 7.48. The highest BCUT2D eigenvalue weighted by atomic mass is 19.1. The molecule has 0 radical (unpaired) electrons. The van der Waals surface area contributed by atoms with Gasteiger partial charge in [0.1, 0.15) is 34.3 Å². The third-order valence-corrected chi connectivity index (χ3v) is 10.4. The van der Waals surface area contributed by atoms with Crippen LogP contribution in [0.2, 0.25) is 0 Å². The van der Waals surface area contributed by atoms with Crippen LogP contribution in [0.5, 0.6) is 5.75 Å². The number of nitrogens with zero attached hydrogens (tertiary/aromatic N) is 6. The first-order valence-electron chi connectivity index (χ1n) is 18.7. The summed E-state index contributed by atoms with van der Waals surface area (Å²) in [4.78, 5) is 76.9. The minimum absolute atomic E-state index is 0.0601. The summed E-state index contributed by atoms with van der Waals surface area (Å²) in [6.45, 7) is 4.22. The van der Waals surface area contributed by atoms with Crippen LogP contribution in [0.1, 0.15) is 40.0 Å². The van der Waals surface area contributed by atoms with Crippen LogP contribution in [0.25, 0.3) is 33.7 Å². The molecule has 1 atom stereocenters. The number of H-pyrrole nitrogens is 1. The van der Waals surface area contributed by atoms with E-state index in [0.29, 0.717) is 54.2 Å². The number of carbonyl (C=O) groups excluding carboxylic acids is 5. The molecular formula is C40H39FN10O6. The lowest BCUT2D eigenvalue weighted by molar-refractivity contribution is -0.136. The molecule has 5 aromatic rings. The molecule has 3 aromatic carbocycles. The van der Waals surface area contributed by atoms with Crippen molar-refractivity contribution >= 4 is 51.9 Å². The number of rotatable bonds is 12. The molecule has 2 aromatic heterocycles. The zero-order valence-electron chi connectivity index (χ0n) is 31.0. The van der Waals surface area contributed by atoms with Crippen molar-refractivity contribution in [1.29, 1.82) is 0 Å². The number of hydrogen-bond acceptors (Lipinski definition) is 12. The van der Waals surface area contributed by atoms with E-state index in [0.717, 1.165) is 42.3 Å². The Hall–Kier alpha value is -6.75. The summed E-state index contributed by atoms with van der Waals surface area (Å²) in [5.41, 5.74) is 4.96. The lowest BCUT2D eigenvalue weighted by atomic mass is 10.0. The van der Waals surface area contributed by atoms with Crippen molar-refractivity contribution in [3.8, 4) is 28.4 Å². The molecule has 292 valence electrons. The predicted molar refractivity (Wildman–Crippen MR) is 207 cm³/mol. The van der Waals surface area contributed by atoms with E-state index in [2.05, 4.69) is 45.9 Å². The Bertz CT molecular complexity index is 2390. The molecule has 0 saturated carbocycles. The fraction of sp³-hybridized carbons (Fsp3) is 0.300. The molecule has 16 nitrogen and oxygen atoms in total. The summed E-state index contributed by atoms with van der Waals surface area (Å²) >= 11 is 0. The minimum atomic E-state index is -1.01. The smallest absolute Gasteiger partial charge is 0.262 e. The second-order valence-corrected chi connectivity index (χ2v) is 14.0. The van der Waals surface area contributed by atoms with Gasteiger partial charge in [0.15, 0.2) is 5.82 Å². The molecule has 1 unspecified atom stereocenters. The van der Waals surface area contributed by atoms with Gasteiger partial charge in [0, 0.05) is 62.6 Å². The normalized spacial score (nSPS) is 17.2. The number of benzene rings is 3. The zero-order valence-corrected chi connectivity index (χ0v) is 31.0. The Balaban J connectivity index is 0.780. The minimum Gasteiger partial charge on any atom is -0.496 e. The number of imide groups is 2. The molecule has 0 aliphatic carbocycles. The number of amides is 5. The van der Waals surface area contributed by atoms with Crippen LogP contribution in [0.15, 0.2) is 66.9 Å². The molecule has 5 amide bonds. The van der Waals surface area contributed by atoms with Gasteiger partial charge in [-0.25, -0.2) is 14.4 Å². The number of carbonyl (C=O) groups is 5. The average molecular weight is 775 g/mol. The number of hydrogen-bond donors (Lipinski definition) is 4. The number of methoxy groups -OCH3 is 1. The Kier molecular flexibility index (Phi) is 10.3. The highest BCUT2D eigenvalue weighted by Crippen LogP contribution is 2.33. The number of anilines is 2. The monoisotopic (exact) mass is 774 g/mol. The van der Waals surface area contributed by atoms with Crippen LogP contribution in [0.3, 0.4) is 0 Å². The number of fused-ring (bicyclic) bond motifs is 2. The average Bonchev–Trinajstić information content (AvgIpc) is 3.75. The quantitative estimate of drug-likeness (QED) is 0.107. The second-order valence-electron chi connectivity index (χ2n) is 14.0. The molecule has 2 saturated heterocycles. The van der Waals surface area contributed by atoms with Crippen LogP contribution in [0, 0.1) is 5.82 Å². The Morgan fingerprint density at radius 2 is 1.75 bits per heavy atom. The van der Waals surface area contributed by atoms with Gasteiger partial charge in [0.25, 0.3) is 11.8 Å².